The van der Waals surface area contributed by atoms with E-state index in [1.54, 1.807) is 6.26 Å². The third-order valence-corrected chi connectivity index (χ3v) is 5.43. The molecule has 6 nitrogen and oxygen atoms in total. The van der Waals surface area contributed by atoms with E-state index in [0.29, 0.717) is 11.6 Å². The molecule has 0 aliphatic rings. The summed E-state index contributed by atoms with van der Waals surface area (Å²) in [5.74, 6) is 1.61. The molecule has 3 rings (SSSR count). The summed E-state index contributed by atoms with van der Waals surface area (Å²) >= 11 is 1.39. The van der Waals surface area contributed by atoms with Gasteiger partial charge in [-0.05, 0) is 50.5 Å². The first-order valence-corrected chi connectivity index (χ1v) is 10.5. The molecule has 1 aromatic carbocycles. The average Bonchev–Trinajstić information content (AvgIpc) is 3.30. The number of anilines is 1. The van der Waals surface area contributed by atoms with Gasteiger partial charge in [0.2, 0.25) is 5.91 Å². The Morgan fingerprint density at radius 1 is 1.21 bits per heavy atom. The number of hydrogen-bond donors (Lipinski definition) is 1. The van der Waals surface area contributed by atoms with Gasteiger partial charge in [-0.25, -0.2) is 0 Å². The molecular weight excluding hydrogens is 372 g/mol. The minimum Gasteiger partial charge on any atom is -0.461 e. The maximum Gasteiger partial charge on any atom is 0.234 e. The number of rotatable bonds is 8. The van der Waals surface area contributed by atoms with Gasteiger partial charge in [0.25, 0.3) is 0 Å². The molecule has 7 heteroatoms. The van der Waals surface area contributed by atoms with Crippen LogP contribution in [0.15, 0.2) is 40.1 Å². The number of carbonyl (C=O) groups is 1. The summed E-state index contributed by atoms with van der Waals surface area (Å²) in [7, 11) is 0. The van der Waals surface area contributed by atoms with Gasteiger partial charge in [0.05, 0.1) is 12.0 Å². The van der Waals surface area contributed by atoms with Crippen LogP contribution < -0.4 is 5.32 Å². The quantitative estimate of drug-likeness (QED) is 0.541. The Morgan fingerprint density at radius 3 is 2.61 bits per heavy atom. The Labute approximate surface area is 169 Å². The number of unbranched alkanes of at least 4 members (excludes halogenated alkanes) is 1. The zero-order valence-corrected chi connectivity index (χ0v) is 17.6. The lowest BCUT2D eigenvalue weighted by atomic mass is 10.1. The molecule has 0 aliphatic carbocycles. The molecule has 3 aromatic rings. The minimum atomic E-state index is -0.0513. The molecule has 0 fully saturated rings. The second kappa shape index (κ2) is 9.10. The monoisotopic (exact) mass is 398 g/mol. The normalized spacial score (nSPS) is 11.0. The van der Waals surface area contributed by atoms with Crippen LogP contribution in [0.4, 0.5) is 5.69 Å². The van der Waals surface area contributed by atoms with Gasteiger partial charge >= 0.3 is 0 Å². The number of aromatic nitrogens is 3. The van der Waals surface area contributed by atoms with E-state index in [2.05, 4.69) is 41.5 Å². The van der Waals surface area contributed by atoms with E-state index in [9.17, 15) is 4.79 Å². The highest BCUT2D eigenvalue weighted by atomic mass is 32.2. The van der Waals surface area contributed by atoms with Crippen LogP contribution in [0, 0.1) is 20.8 Å². The Balaban J connectivity index is 1.71. The highest BCUT2D eigenvalue weighted by Gasteiger charge is 2.17. The van der Waals surface area contributed by atoms with E-state index >= 15 is 0 Å². The van der Waals surface area contributed by atoms with Gasteiger partial charge in [0, 0.05) is 12.2 Å². The molecule has 2 aromatic heterocycles. The minimum absolute atomic E-state index is 0.0513. The zero-order valence-electron chi connectivity index (χ0n) is 16.8. The van der Waals surface area contributed by atoms with Gasteiger partial charge in [-0.1, -0.05) is 42.8 Å². The number of nitrogens with one attached hydrogen (secondary N) is 1. The molecule has 1 N–H and O–H groups in total. The van der Waals surface area contributed by atoms with Crippen LogP contribution in [-0.4, -0.2) is 26.4 Å². The average molecular weight is 399 g/mol. The lowest BCUT2D eigenvalue weighted by Crippen LogP contribution is -2.16. The van der Waals surface area contributed by atoms with Gasteiger partial charge in [0.15, 0.2) is 16.7 Å². The number of aryl methyl sites for hydroxylation is 3. The molecule has 0 atom stereocenters. The predicted octanol–water partition coefficient (Wildman–Crippen LogP) is 4.99. The fourth-order valence-corrected chi connectivity index (χ4v) is 3.95. The van der Waals surface area contributed by atoms with E-state index in [-0.39, 0.29) is 11.7 Å². The molecule has 0 spiro atoms. The molecular formula is C21H26N4O2S. The maximum atomic E-state index is 12.5. The summed E-state index contributed by atoms with van der Waals surface area (Å²) in [6.07, 6.45) is 3.69. The van der Waals surface area contributed by atoms with Gasteiger partial charge in [0.1, 0.15) is 0 Å². The zero-order chi connectivity index (χ0) is 20.1. The van der Waals surface area contributed by atoms with Crippen molar-refractivity contribution in [2.45, 2.75) is 52.2 Å². The van der Waals surface area contributed by atoms with Gasteiger partial charge < -0.3 is 9.73 Å². The van der Waals surface area contributed by atoms with E-state index in [1.807, 2.05) is 30.5 Å². The van der Waals surface area contributed by atoms with E-state index in [0.717, 1.165) is 41.4 Å². The summed E-state index contributed by atoms with van der Waals surface area (Å²) < 4.78 is 7.51. The number of hydrogen-bond acceptors (Lipinski definition) is 5. The topological polar surface area (TPSA) is 73.0 Å². The van der Waals surface area contributed by atoms with E-state index < -0.39 is 0 Å². The standard InChI is InChI=1S/C21H26N4O2S/c1-5-6-9-25-20(17-8-7-10-27-17)23-24-21(25)28-13-18(26)22-19-15(3)11-14(2)12-16(19)4/h7-8,10-12H,5-6,9,13H2,1-4H3,(H,22,26). The van der Waals surface area contributed by atoms with Crippen LogP contribution in [0.1, 0.15) is 36.5 Å². The second-order valence-corrected chi connectivity index (χ2v) is 7.84. The summed E-state index contributed by atoms with van der Waals surface area (Å²) in [6.45, 7) is 9.02. The summed E-state index contributed by atoms with van der Waals surface area (Å²) in [5.41, 5.74) is 4.22. The van der Waals surface area contributed by atoms with E-state index in [1.165, 1.54) is 17.3 Å². The molecule has 0 saturated carbocycles. The third kappa shape index (κ3) is 4.65. The molecule has 0 radical (unpaired) electrons. The largest absolute Gasteiger partial charge is 0.461 e. The van der Waals surface area contributed by atoms with Crippen molar-refractivity contribution < 1.29 is 9.21 Å². The van der Waals surface area contributed by atoms with Crippen molar-refractivity contribution in [2.24, 2.45) is 0 Å². The van der Waals surface area contributed by atoms with Crippen molar-refractivity contribution in [3.63, 3.8) is 0 Å². The number of furan rings is 1. The van der Waals surface area contributed by atoms with Crippen molar-refractivity contribution in [2.75, 3.05) is 11.1 Å². The molecule has 2 heterocycles. The van der Waals surface area contributed by atoms with Crippen molar-refractivity contribution in [3.8, 4) is 11.6 Å². The Hall–Kier alpha value is -2.54. The summed E-state index contributed by atoms with van der Waals surface area (Å²) in [5, 5.41) is 12.3. The second-order valence-electron chi connectivity index (χ2n) is 6.90. The fourth-order valence-electron chi connectivity index (χ4n) is 3.18. The van der Waals surface area contributed by atoms with Crippen molar-refractivity contribution in [3.05, 3.63) is 47.2 Å². The van der Waals surface area contributed by atoms with Gasteiger partial charge in [-0.3, -0.25) is 9.36 Å². The highest BCUT2D eigenvalue weighted by molar-refractivity contribution is 7.99. The Morgan fingerprint density at radius 2 is 1.96 bits per heavy atom. The fraction of sp³-hybridized carbons (Fsp3) is 0.381. The molecule has 148 valence electrons. The third-order valence-electron chi connectivity index (χ3n) is 4.47. The van der Waals surface area contributed by atoms with Crippen LogP contribution in [0.5, 0.6) is 0 Å². The van der Waals surface area contributed by atoms with Crippen molar-refractivity contribution in [1.29, 1.82) is 0 Å². The SMILES string of the molecule is CCCCn1c(SCC(=O)Nc2c(C)cc(C)cc2C)nnc1-c1ccco1. The van der Waals surface area contributed by atoms with Gasteiger partial charge in [-0.2, -0.15) is 0 Å². The highest BCUT2D eigenvalue weighted by Crippen LogP contribution is 2.26. The number of nitrogens with zero attached hydrogens (tertiary/aromatic N) is 3. The van der Waals surface area contributed by atoms with Crippen LogP contribution in [0.3, 0.4) is 0 Å². The Bertz CT molecular complexity index is 924. The first-order chi connectivity index (χ1) is 13.5. The van der Waals surface area contributed by atoms with Crippen molar-refractivity contribution >= 4 is 23.4 Å². The van der Waals surface area contributed by atoms with Crippen LogP contribution >= 0.6 is 11.8 Å². The van der Waals surface area contributed by atoms with Crippen LogP contribution in [0.2, 0.25) is 0 Å². The Kier molecular flexibility index (Phi) is 6.57. The molecule has 0 unspecified atom stereocenters. The van der Waals surface area contributed by atoms with E-state index in [4.69, 9.17) is 4.42 Å². The maximum absolute atomic E-state index is 12.5. The smallest absolute Gasteiger partial charge is 0.234 e. The lowest BCUT2D eigenvalue weighted by Gasteiger charge is -2.13. The van der Waals surface area contributed by atoms with Crippen molar-refractivity contribution in [1.82, 2.24) is 14.8 Å². The molecule has 28 heavy (non-hydrogen) atoms. The number of benzene rings is 1. The molecule has 0 aliphatic heterocycles. The molecule has 1 amide bonds. The number of amides is 1. The predicted molar refractivity (Wildman–Crippen MR) is 113 cm³/mol. The number of thioether (sulfide) groups is 1. The first kappa shape index (κ1) is 20.2. The number of carbonyl (C=O) groups excluding carboxylic acids is 1. The molecule has 0 bridgehead atoms. The van der Waals surface area contributed by atoms with Crippen LogP contribution in [-0.2, 0) is 11.3 Å². The summed E-state index contributed by atoms with van der Waals surface area (Å²) in [4.78, 5) is 12.5. The van der Waals surface area contributed by atoms with Gasteiger partial charge in [-0.15, -0.1) is 10.2 Å². The lowest BCUT2D eigenvalue weighted by molar-refractivity contribution is -0.113. The molecule has 0 saturated heterocycles. The first-order valence-electron chi connectivity index (χ1n) is 9.47. The summed E-state index contributed by atoms with van der Waals surface area (Å²) in [6, 6.07) is 7.86. The van der Waals surface area contributed by atoms with Crippen LogP contribution in [0.25, 0.3) is 11.6 Å².